The number of aromatic nitrogens is 2. The number of amides is 2. The second-order valence-corrected chi connectivity index (χ2v) is 8.61. The van der Waals surface area contributed by atoms with Crippen LogP contribution in [0.3, 0.4) is 0 Å². The summed E-state index contributed by atoms with van der Waals surface area (Å²) in [7, 11) is 0. The van der Waals surface area contributed by atoms with Gasteiger partial charge in [0, 0.05) is 31.6 Å². The van der Waals surface area contributed by atoms with Crippen LogP contribution in [0.5, 0.6) is 0 Å². The van der Waals surface area contributed by atoms with E-state index in [1.165, 1.54) is 12.3 Å². The van der Waals surface area contributed by atoms with Crippen molar-refractivity contribution < 1.29 is 14.0 Å². The van der Waals surface area contributed by atoms with Crippen molar-refractivity contribution in [1.82, 2.24) is 9.97 Å². The lowest BCUT2D eigenvalue weighted by Crippen LogP contribution is -2.30. The zero-order chi connectivity index (χ0) is 23.4. The van der Waals surface area contributed by atoms with Gasteiger partial charge < -0.3 is 10.2 Å². The Hall–Kier alpha value is -3.32. The molecule has 1 saturated carbocycles. The van der Waals surface area contributed by atoms with Gasteiger partial charge in [-0.1, -0.05) is 17.7 Å². The average molecular weight is 467 g/mol. The Morgan fingerprint density at radius 2 is 1.97 bits per heavy atom. The standard InChI is InChI=1S/C25H24ClFN4O2/c1-16(32)31(15-18-2-3-18)23-8-5-19(13-21(23)26)22-7-6-20(14-29-22)30-25(33)9-4-17-10-11-28-24(27)12-17/h5-8,10-14,18H,2-4,9,15H2,1H3,(H,30,33). The topological polar surface area (TPSA) is 75.2 Å². The molecule has 33 heavy (non-hydrogen) atoms. The van der Waals surface area contributed by atoms with Gasteiger partial charge in [-0.15, -0.1) is 0 Å². The third kappa shape index (κ3) is 6.14. The van der Waals surface area contributed by atoms with E-state index in [0.29, 0.717) is 46.5 Å². The maximum Gasteiger partial charge on any atom is 0.224 e. The quantitative estimate of drug-likeness (QED) is 0.459. The Bertz CT molecular complexity index is 1170. The lowest BCUT2D eigenvalue weighted by Gasteiger charge is -2.22. The largest absolute Gasteiger partial charge is 0.325 e. The molecule has 1 aliphatic rings. The summed E-state index contributed by atoms with van der Waals surface area (Å²) in [6, 6.07) is 12.1. The minimum absolute atomic E-state index is 0.0242. The molecule has 2 aromatic heterocycles. The molecule has 1 aromatic carbocycles. The monoisotopic (exact) mass is 466 g/mol. The lowest BCUT2D eigenvalue weighted by atomic mass is 10.1. The number of hydrogen-bond donors (Lipinski definition) is 1. The van der Waals surface area contributed by atoms with Crippen LogP contribution in [0.25, 0.3) is 11.3 Å². The van der Waals surface area contributed by atoms with Crippen molar-refractivity contribution in [1.29, 1.82) is 0 Å². The Balaban J connectivity index is 1.38. The number of pyridine rings is 2. The summed E-state index contributed by atoms with van der Waals surface area (Å²) in [6.45, 7) is 2.24. The summed E-state index contributed by atoms with van der Waals surface area (Å²) in [5, 5.41) is 3.29. The highest BCUT2D eigenvalue weighted by Crippen LogP contribution is 2.35. The van der Waals surface area contributed by atoms with Crippen LogP contribution >= 0.6 is 11.6 Å². The molecule has 3 aromatic rings. The third-order valence-electron chi connectivity index (χ3n) is 5.53. The molecule has 1 N–H and O–H groups in total. The van der Waals surface area contributed by atoms with Crippen molar-refractivity contribution in [3.8, 4) is 11.3 Å². The predicted molar refractivity (Wildman–Crippen MR) is 127 cm³/mol. The SMILES string of the molecule is CC(=O)N(CC1CC1)c1ccc(-c2ccc(NC(=O)CCc3ccnc(F)c3)cn2)cc1Cl. The fourth-order valence-corrected chi connectivity index (χ4v) is 3.84. The maximum atomic E-state index is 13.1. The Morgan fingerprint density at radius 3 is 2.61 bits per heavy atom. The number of benzene rings is 1. The average Bonchev–Trinajstić information content (AvgIpc) is 3.61. The first-order chi connectivity index (χ1) is 15.9. The summed E-state index contributed by atoms with van der Waals surface area (Å²) in [4.78, 5) is 34.0. The number of nitrogens with zero attached hydrogens (tertiary/aromatic N) is 3. The van der Waals surface area contributed by atoms with Crippen molar-refractivity contribution >= 4 is 34.8 Å². The first kappa shape index (κ1) is 22.9. The summed E-state index contributed by atoms with van der Waals surface area (Å²) in [6.07, 6.45) is 5.89. The van der Waals surface area contributed by atoms with Gasteiger partial charge in [0.2, 0.25) is 17.8 Å². The van der Waals surface area contributed by atoms with Crippen LogP contribution in [0.2, 0.25) is 5.02 Å². The molecule has 1 fully saturated rings. The van der Waals surface area contributed by atoms with E-state index in [0.717, 1.165) is 18.4 Å². The van der Waals surface area contributed by atoms with Crippen LogP contribution in [-0.4, -0.2) is 28.3 Å². The van der Waals surface area contributed by atoms with Crippen LogP contribution in [0.1, 0.15) is 31.7 Å². The van der Waals surface area contributed by atoms with Gasteiger partial charge in [0.1, 0.15) is 0 Å². The molecule has 6 nitrogen and oxygen atoms in total. The highest BCUT2D eigenvalue weighted by molar-refractivity contribution is 6.34. The first-order valence-electron chi connectivity index (χ1n) is 10.8. The molecule has 0 unspecified atom stereocenters. The molecule has 0 aliphatic heterocycles. The molecule has 170 valence electrons. The fourth-order valence-electron chi connectivity index (χ4n) is 3.56. The van der Waals surface area contributed by atoms with E-state index in [4.69, 9.17) is 11.6 Å². The zero-order valence-electron chi connectivity index (χ0n) is 18.2. The molecule has 2 heterocycles. The molecule has 1 aliphatic carbocycles. The minimum atomic E-state index is -0.558. The third-order valence-corrected chi connectivity index (χ3v) is 5.83. The Kier molecular flexibility index (Phi) is 6.99. The Morgan fingerprint density at radius 1 is 1.15 bits per heavy atom. The lowest BCUT2D eigenvalue weighted by molar-refractivity contribution is -0.117. The van der Waals surface area contributed by atoms with Crippen molar-refractivity contribution in [2.45, 2.75) is 32.6 Å². The van der Waals surface area contributed by atoms with E-state index in [9.17, 15) is 14.0 Å². The van der Waals surface area contributed by atoms with Crippen molar-refractivity contribution in [3.63, 3.8) is 0 Å². The molecule has 0 bridgehead atoms. The second kappa shape index (κ2) is 10.1. The highest BCUT2D eigenvalue weighted by Gasteiger charge is 2.27. The number of carbonyl (C=O) groups is 2. The molecular weight excluding hydrogens is 443 g/mol. The molecule has 0 atom stereocenters. The summed E-state index contributed by atoms with van der Waals surface area (Å²) < 4.78 is 13.1. The first-order valence-corrected chi connectivity index (χ1v) is 11.2. The van der Waals surface area contributed by atoms with Gasteiger partial charge in [0.05, 0.1) is 28.3 Å². The smallest absolute Gasteiger partial charge is 0.224 e. The van der Waals surface area contributed by atoms with E-state index in [1.807, 2.05) is 12.1 Å². The molecule has 2 amide bonds. The van der Waals surface area contributed by atoms with Gasteiger partial charge >= 0.3 is 0 Å². The number of hydrogen-bond acceptors (Lipinski definition) is 4. The number of halogens is 2. The summed E-state index contributed by atoms with van der Waals surface area (Å²) >= 11 is 6.51. The molecule has 0 saturated heterocycles. The summed E-state index contributed by atoms with van der Waals surface area (Å²) in [5.74, 6) is -0.212. The van der Waals surface area contributed by atoms with E-state index >= 15 is 0 Å². The van der Waals surface area contributed by atoms with Gasteiger partial charge in [0.15, 0.2) is 0 Å². The number of carbonyl (C=O) groups excluding carboxylic acids is 2. The Labute approximate surface area is 196 Å². The molecule has 8 heteroatoms. The summed E-state index contributed by atoms with van der Waals surface area (Å²) in [5.41, 5.74) is 3.51. The number of aryl methyl sites for hydroxylation is 1. The van der Waals surface area contributed by atoms with Crippen LogP contribution in [0, 0.1) is 11.9 Å². The number of nitrogens with one attached hydrogen (secondary N) is 1. The maximum absolute atomic E-state index is 13.1. The number of anilines is 2. The minimum Gasteiger partial charge on any atom is -0.325 e. The van der Waals surface area contributed by atoms with Gasteiger partial charge in [-0.3, -0.25) is 14.6 Å². The van der Waals surface area contributed by atoms with Gasteiger partial charge in [-0.2, -0.15) is 4.39 Å². The van der Waals surface area contributed by atoms with Crippen molar-refractivity contribution in [2.75, 3.05) is 16.8 Å². The van der Waals surface area contributed by atoms with E-state index in [2.05, 4.69) is 15.3 Å². The molecule has 0 radical (unpaired) electrons. The van der Waals surface area contributed by atoms with Crippen molar-refractivity contribution in [3.05, 3.63) is 71.4 Å². The van der Waals surface area contributed by atoms with E-state index < -0.39 is 5.95 Å². The normalized spacial score (nSPS) is 12.9. The van der Waals surface area contributed by atoms with Crippen LogP contribution in [0.4, 0.5) is 15.8 Å². The van der Waals surface area contributed by atoms with E-state index in [1.54, 1.807) is 42.3 Å². The molecule has 4 rings (SSSR count). The van der Waals surface area contributed by atoms with Crippen molar-refractivity contribution in [2.24, 2.45) is 5.92 Å². The van der Waals surface area contributed by atoms with Crippen LogP contribution in [-0.2, 0) is 16.0 Å². The fraction of sp³-hybridized carbons (Fsp3) is 0.280. The predicted octanol–water partition coefficient (Wildman–Crippen LogP) is 5.27. The molecule has 0 spiro atoms. The number of rotatable bonds is 8. The second-order valence-electron chi connectivity index (χ2n) is 8.21. The van der Waals surface area contributed by atoms with E-state index in [-0.39, 0.29) is 18.2 Å². The highest BCUT2D eigenvalue weighted by atomic mass is 35.5. The zero-order valence-corrected chi connectivity index (χ0v) is 19.0. The van der Waals surface area contributed by atoms with Gasteiger partial charge in [0.25, 0.3) is 0 Å². The van der Waals surface area contributed by atoms with Crippen LogP contribution in [0.15, 0.2) is 54.9 Å². The van der Waals surface area contributed by atoms with Gasteiger partial charge in [-0.05, 0) is 67.1 Å². The van der Waals surface area contributed by atoms with Crippen LogP contribution < -0.4 is 10.2 Å². The van der Waals surface area contributed by atoms with Gasteiger partial charge in [-0.25, -0.2) is 4.98 Å². The molecular formula is C25H24ClFN4O2.